The number of benzene rings is 1. The van der Waals surface area contributed by atoms with Crippen molar-refractivity contribution in [2.75, 3.05) is 7.11 Å². The lowest BCUT2D eigenvalue weighted by atomic mass is 10.1. The average Bonchev–Trinajstić information content (AvgIpc) is 2.77. The molecular weight excluding hydrogens is 216 g/mol. The Balaban J connectivity index is 2.26. The fourth-order valence-electron chi connectivity index (χ4n) is 1.63. The highest BCUT2D eigenvalue weighted by Crippen LogP contribution is 2.22. The van der Waals surface area contributed by atoms with Crippen molar-refractivity contribution in [3.8, 4) is 17.0 Å². The first-order chi connectivity index (χ1) is 8.19. The number of carbonyl (C=O) groups is 1. The standard InChI is InChI=1S/C13H14N2O2/c1-9(16)6-13-14-8-12(15-13)10-4-3-5-11(7-10)17-2/h3-5,7-8H,6H2,1-2H3,(H,14,15). The van der Waals surface area contributed by atoms with Crippen LogP contribution in [0.1, 0.15) is 12.7 Å². The van der Waals surface area contributed by atoms with Crippen LogP contribution >= 0.6 is 0 Å². The zero-order valence-corrected chi connectivity index (χ0v) is 9.86. The van der Waals surface area contributed by atoms with E-state index < -0.39 is 0 Å². The van der Waals surface area contributed by atoms with E-state index in [1.54, 1.807) is 20.2 Å². The second-order valence-corrected chi connectivity index (χ2v) is 3.85. The number of aromatic nitrogens is 2. The van der Waals surface area contributed by atoms with E-state index >= 15 is 0 Å². The van der Waals surface area contributed by atoms with E-state index in [9.17, 15) is 4.79 Å². The summed E-state index contributed by atoms with van der Waals surface area (Å²) >= 11 is 0. The van der Waals surface area contributed by atoms with Crippen molar-refractivity contribution in [1.29, 1.82) is 0 Å². The quantitative estimate of drug-likeness (QED) is 0.876. The first-order valence-corrected chi connectivity index (χ1v) is 5.37. The molecule has 0 amide bonds. The summed E-state index contributed by atoms with van der Waals surface area (Å²) in [4.78, 5) is 18.3. The highest BCUT2D eigenvalue weighted by Gasteiger charge is 2.05. The van der Waals surface area contributed by atoms with Crippen LogP contribution in [0.2, 0.25) is 0 Å². The minimum atomic E-state index is 0.0940. The molecule has 4 nitrogen and oxygen atoms in total. The van der Waals surface area contributed by atoms with Gasteiger partial charge in [-0.15, -0.1) is 0 Å². The van der Waals surface area contributed by atoms with Crippen LogP contribution in [-0.2, 0) is 11.2 Å². The van der Waals surface area contributed by atoms with E-state index in [-0.39, 0.29) is 5.78 Å². The van der Waals surface area contributed by atoms with E-state index in [2.05, 4.69) is 9.97 Å². The molecule has 0 radical (unpaired) electrons. The Hall–Kier alpha value is -2.10. The summed E-state index contributed by atoms with van der Waals surface area (Å²) in [5.74, 6) is 1.58. The molecule has 17 heavy (non-hydrogen) atoms. The lowest BCUT2D eigenvalue weighted by molar-refractivity contribution is -0.116. The zero-order valence-electron chi connectivity index (χ0n) is 9.86. The van der Waals surface area contributed by atoms with Gasteiger partial charge in [-0.05, 0) is 19.1 Å². The van der Waals surface area contributed by atoms with Crippen LogP contribution in [0.25, 0.3) is 11.3 Å². The Bertz CT molecular complexity index is 532. The van der Waals surface area contributed by atoms with E-state index in [0.29, 0.717) is 12.2 Å². The molecule has 2 rings (SSSR count). The van der Waals surface area contributed by atoms with Crippen LogP contribution in [0.15, 0.2) is 30.5 Å². The van der Waals surface area contributed by atoms with E-state index in [1.165, 1.54) is 0 Å². The molecule has 0 spiro atoms. The summed E-state index contributed by atoms with van der Waals surface area (Å²) in [5.41, 5.74) is 1.88. The molecule has 0 saturated carbocycles. The van der Waals surface area contributed by atoms with Gasteiger partial charge in [0.2, 0.25) is 0 Å². The maximum Gasteiger partial charge on any atom is 0.137 e. The monoisotopic (exact) mass is 230 g/mol. The van der Waals surface area contributed by atoms with Gasteiger partial charge in [-0.1, -0.05) is 12.1 Å². The number of hydrogen-bond donors (Lipinski definition) is 1. The molecule has 2 aromatic rings. The van der Waals surface area contributed by atoms with E-state index in [4.69, 9.17) is 4.74 Å². The molecule has 0 atom stereocenters. The predicted molar refractivity (Wildman–Crippen MR) is 65.0 cm³/mol. The van der Waals surface area contributed by atoms with Crippen molar-refractivity contribution in [2.45, 2.75) is 13.3 Å². The molecule has 1 aromatic heterocycles. The number of imidazole rings is 1. The van der Waals surface area contributed by atoms with Crippen LogP contribution in [0.3, 0.4) is 0 Å². The summed E-state index contributed by atoms with van der Waals surface area (Å²) in [7, 11) is 1.63. The van der Waals surface area contributed by atoms with Crippen LogP contribution in [0, 0.1) is 0 Å². The number of Topliss-reactive ketones (excluding diaryl/α,β-unsaturated/α-hetero) is 1. The van der Waals surface area contributed by atoms with Crippen molar-refractivity contribution < 1.29 is 9.53 Å². The van der Waals surface area contributed by atoms with Gasteiger partial charge in [-0.2, -0.15) is 0 Å². The molecule has 0 bridgehead atoms. The zero-order chi connectivity index (χ0) is 12.3. The maximum atomic E-state index is 11.0. The van der Waals surface area contributed by atoms with Gasteiger partial charge in [0, 0.05) is 5.56 Å². The van der Waals surface area contributed by atoms with Gasteiger partial charge in [-0.3, -0.25) is 4.79 Å². The molecule has 0 fully saturated rings. The molecule has 1 N–H and O–H groups in total. The van der Waals surface area contributed by atoms with Gasteiger partial charge in [-0.25, -0.2) is 4.98 Å². The molecule has 4 heteroatoms. The van der Waals surface area contributed by atoms with Crippen LogP contribution in [0.5, 0.6) is 5.75 Å². The van der Waals surface area contributed by atoms with Gasteiger partial charge >= 0.3 is 0 Å². The van der Waals surface area contributed by atoms with Crippen molar-refractivity contribution in [3.05, 3.63) is 36.3 Å². The molecule has 88 valence electrons. The lowest BCUT2D eigenvalue weighted by Gasteiger charge is -2.01. The van der Waals surface area contributed by atoms with Crippen LogP contribution < -0.4 is 4.74 Å². The minimum Gasteiger partial charge on any atom is -0.497 e. The third-order valence-electron chi connectivity index (χ3n) is 2.43. The number of hydrogen-bond acceptors (Lipinski definition) is 3. The Kier molecular flexibility index (Phi) is 3.23. The summed E-state index contributed by atoms with van der Waals surface area (Å²) in [6.45, 7) is 1.55. The molecule has 0 unspecified atom stereocenters. The molecule has 1 aromatic carbocycles. The average molecular weight is 230 g/mol. The number of carbonyl (C=O) groups excluding carboxylic acids is 1. The summed E-state index contributed by atoms with van der Waals surface area (Å²) in [5, 5.41) is 0. The van der Waals surface area contributed by atoms with Crippen molar-refractivity contribution >= 4 is 5.78 Å². The van der Waals surface area contributed by atoms with Gasteiger partial charge in [0.05, 0.1) is 25.4 Å². The van der Waals surface area contributed by atoms with Crippen molar-refractivity contribution in [3.63, 3.8) is 0 Å². The topological polar surface area (TPSA) is 55.0 Å². The number of rotatable bonds is 4. The lowest BCUT2D eigenvalue weighted by Crippen LogP contribution is -1.97. The van der Waals surface area contributed by atoms with Gasteiger partial charge in [0.1, 0.15) is 17.4 Å². The third kappa shape index (κ3) is 2.72. The predicted octanol–water partition coefficient (Wildman–Crippen LogP) is 2.22. The Morgan fingerprint density at radius 1 is 1.47 bits per heavy atom. The number of nitrogens with one attached hydrogen (secondary N) is 1. The number of ether oxygens (including phenoxy) is 1. The Morgan fingerprint density at radius 3 is 3.00 bits per heavy atom. The van der Waals surface area contributed by atoms with Crippen LogP contribution in [0.4, 0.5) is 0 Å². The number of methoxy groups -OCH3 is 1. The van der Waals surface area contributed by atoms with E-state index in [0.717, 1.165) is 17.0 Å². The van der Waals surface area contributed by atoms with Crippen molar-refractivity contribution in [1.82, 2.24) is 9.97 Å². The molecule has 0 aliphatic carbocycles. The number of H-pyrrole nitrogens is 1. The van der Waals surface area contributed by atoms with Gasteiger partial charge in [0.15, 0.2) is 0 Å². The molecule has 0 saturated heterocycles. The Labute approximate surface area is 99.7 Å². The maximum absolute atomic E-state index is 11.0. The normalized spacial score (nSPS) is 10.2. The number of ketones is 1. The van der Waals surface area contributed by atoms with Gasteiger partial charge < -0.3 is 9.72 Å². The number of nitrogens with zero attached hydrogens (tertiary/aromatic N) is 1. The first kappa shape index (κ1) is 11.4. The first-order valence-electron chi connectivity index (χ1n) is 5.37. The molecule has 1 heterocycles. The summed E-state index contributed by atoms with van der Waals surface area (Å²) in [6, 6.07) is 7.69. The molecule has 0 aliphatic heterocycles. The van der Waals surface area contributed by atoms with Gasteiger partial charge in [0.25, 0.3) is 0 Å². The Morgan fingerprint density at radius 2 is 2.29 bits per heavy atom. The van der Waals surface area contributed by atoms with Crippen molar-refractivity contribution in [2.24, 2.45) is 0 Å². The summed E-state index contributed by atoms with van der Waals surface area (Å²) < 4.78 is 5.16. The second kappa shape index (κ2) is 4.82. The SMILES string of the molecule is COc1cccc(-c2cnc(CC(C)=O)[nH]2)c1. The smallest absolute Gasteiger partial charge is 0.137 e. The van der Waals surface area contributed by atoms with Crippen LogP contribution in [-0.4, -0.2) is 22.9 Å². The summed E-state index contributed by atoms with van der Waals surface area (Å²) in [6.07, 6.45) is 2.07. The molecule has 0 aliphatic rings. The third-order valence-corrected chi connectivity index (χ3v) is 2.43. The largest absolute Gasteiger partial charge is 0.497 e. The number of aromatic amines is 1. The highest BCUT2D eigenvalue weighted by molar-refractivity contribution is 5.77. The second-order valence-electron chi connectivity index (χ2n) is 3.85. The highest BCUT2D eigenvalue weighted by atomic mass is 16.5. The van der Waals surface area contributed by atoms with E-state index in [1.807, 2.05) is 24.3 Å². The molecular formula is C13H14N2O2. The fourth-order valence-corrected chi connectivity index (χ4v) is 1.63. The fraction of sp³-hybridized carbons (Fsp3) is 0.231. The minimum absolute atomic E-state index is 0.0940.